The van der Waals surface area contributed by atoms with E-state index in [9.17, 15) is 9.59 Å². The van der Waals surface area contributed by atoms with Gasteiger partial charge < -0.3 is 9.47 Å². The molecular weight excluding hydrogens is 208 g/mol. The Morgan fingerprint density at radius 1 is 1.25 bits per heavy atom. The largest absolute Gasteiger partial charge is 0.466 e. The molecule has 0 aliphatic heterocycles. The number of esters is 2. The van der Waals surface area contributed by atoms with E-state index in [1.807, 2.05) is 30.3 Å². The first-order valence-electron chi connectivity index (χ1n) is 4.92. The first-order valence-corrected chi connectivity index (χ1v) is 4.92. The average Bonchev–Trinajstić information content (AvgIpc) is 2.28. The molecule has 0 saturated carbocycles. The minimum atomic E-state index is -0.870. The van der Waals surface area contributed by atoms with E-state index >= 15 is 0 Å². The van der Waals surface area contributed by atoms with Gasteiger partial charge in [-0.25, -0.2) is 4.79 Å². The summed E-state index contributed by atoms with van der Waals surface area (Å²) in [5.41, 5.74) is 0.916. The Bertz CT molecular complexity index is 359. The van der Waals surface area contributed by atoms with Crippen LogP contribution in [0, 0.1) is 0 Å². The van der Waals surface area contributed by atoms with Crippen LogP contribution in [0.5, 0.6) is 0 Å². The van der Waals surface area contributed by atoms with Gasteiger partial charge in [-0.1, -0.05) is 30.3 Å². The van der Waals surface area contributed by atoms with Crippen LogP contribution in [-0.2, 0) is 25.5 Å². The van der Waals surface area contributed by atoms with Crippen molar-refractivity contribution in [2.24, 2.45) is 0 Å². The Hall–Kier alpha value is -1.84. The average molecular weight is 222 g/mol. The number of hydrogen-bond acceptors (Lipinski definition) is 4. The van der Waals surface area contributed by atoms with Crippen molar-refractivity contribution in [2.45, 2.75) is 19.4 Å². The molecule has 0 radical (unpaired) electrons. The van der Waals surface area contributed by atoms with Crippen LogP contribution in [-0.4, -0.2) is 25.2 Å². The van der Waals surface area contributed by atoms with Crippen LogP contribution in [0.4, 0.5) is 0 Å². The molecule has 4 heteroatoms. The quantitative estimate of drug-likeness (QED) is 0.721. The summed E-state index contributed by atoms with van der Waals surface area (Å²) in [7, 11) is 1.27. The number of methoxy groups -OCH3 is 1. The molecule has 86 valence electrons. The lowest BCUT2D eigenvalue weighted by atomic mass is 10.1. The Labute approximate surface area is 94.2 Å². The third-order valence-corrected chi connectivity index (χ3v) is 2.04. The fourth-order valence-corrected chi connectivity index (χ4v) is 1.33. The number of ether oxygens (including phenoxy) is 2. The lowest BCUT2D eigenvalue weighted by Gasteiger charge is -2.14. The zero-order valence-electron chi connectivity index (χ0n) is 9.30. The number of carbonyl (C=O) groups is 2. The summed E-state index contributed by atoms with van der Waals surface area (Å²) in [4.78, 5) is 22.2. The molecule has 0 spiro atoms. The van der Waals surface area contributed by atoms with E-state index in [0.29, 0.717) is 6.42 Å². The molecule has 0 amide bonds. The first kappa shape index (κ1) is 12.2. The van der Waals surface area contributed by atoms with Gasteiger partial charge in [0, 0.05) is 13.3 Å². The van der Waals surface area contributed by atoms with Gasteiger partial charge in [-0.05, 0) is 5.56 Å². The Morgan fingerprint density at radius 2 is 1.88 bits per heavy atom. The minimum Gasteiger partial charge on any atom is -0.466 e. The third-order valence-electron chi connectivity index (χ3n) is 2.04. The summed E-state index contributed by atoms with van der Waals surface area (Å²) < 4.78 is 9.46. The molecule has 0 aromatic heterocycles. The molecule has 0 heterocycles. The molecule has 4 nitrogen and oxygen atoms in total. The van der Waals surface area contributed by atoms with Crippen molar-refractivity contribution >= 4 is 11.9 Å². The highest BCUT2D eigenvalue weighted by atomic mass is 16.6. The molecule has 1 atom stereocenters. The second-order valence-electron chi connectivity index (χ2n) is 3.31. The van der Waals surface area contributed by atoms with Crippen molar-refractivity contribution in [3.63, 3.8) is 0 Å². The number of carbonyl (C=O) groups excluding carboxylic acids is 2. The predicted molar refractivity (Wildman–Crippen MR) is 57.7 cm³/mol. The van der Waals surface area contributed by atoms with E-state index in [0.717, 1.165) is 5.56 Å². The van der Waals surface area contributed by atoms with Gasteiger partial charge in [-0.3, -0.25) is 4.79 Å². The molecule has 0 bridgehead atoms. The lowest BCUT2D eigenvalue weighted by molar-refractivity contribution is -0.164. The molecule has 0 fully saturated rings. The monoisotopic (exact) mass is 222 g/mol. The standard InChI is InChI=1S/C12H14O4/c1-9(13)16-11(12(14)15-2)8-10-6-4-3-5-7-10/h3-7,11H,8H2,1-2H3/t11-/m1/s1. The fraction of sp³-hybridized carbons (Fsp3) is 0.333. The van der Waals surface area contributed by atoms with E-state index in [1.165, 1.54) is 14.0 Å². The molecule has 0 aliphatic carbocycles. The van der Waals surface area contributed by atoms with E-state index in [-0.39, 0.29) is 0 Å². The summed E-state index contributed by atoms with van der Waals surface area (Å²) in [6, 6.07) is 9.32. The highest BCUT2D eigenvalue weighted by Gasteiger charge is 2.22. The number of benzene rings is 1. The van der Waals surface area contributed by atoms with Crippen LogP contribution in [0.15, 0.2) is 30.3 Å². The van der Waals surface area contributed by atoms with Crippen molar-refractivity contribution in [1.82, 2.24) is 0 Å². The van der Waals surface area contributed by atoms with Crippen molar-refractivity contribution in [3.05, 3.63) is 35.9 Å². The van der Waals surface area contributed by atoms with Crippen LogP contribution in [0.1, 0.15) is 12.5 Å². The maximum Gasteiger partial charge on any atom is 0.347 e. The van der Waals surface area contributed by atoms with Crippen LogP contribution >= 0.6 is 0 Å². The summed E-state index contributed by atoms with van der Waals surface area (Å²) in [6.07, 6.45) is -0.544. The summed E-state index contributed by atoms with van der Waals surface area (Å²) in [6.45, 7) is 1.26. The molecule has 0 unspecified atom stereocenters. The second-order valence-corrected chi connectivity index (χ2v) is 3.31. The van der Waals surface area contributed by atoms with Gasteiger partial charge in [-0.2, -0.15) is 0 Å². The van der Waals surface area contributed by atoms with Gasteiger partial charge in [0.15, 0.2) is 0 Å². The Kier molecular flexibility index (Phi) is 4.51. The van der Waals surface area contributed by atoms with Gasteiger partial charge in [0.2, 0.25) is 6.10 Å². The lowest BCUT2D eigenvalue weighted by Crippen LogP contribution is -2.29. The van der Waals surface area contributed by atoms with Crippen molar-refractivity contribution in [3.8, 4) is 0 Å². The van der Waals surface area contributed by atoms with Gasteiger partial charge in [0.25, 0.3) is 0 Å². The van der Waals surface area contributed by atoms with Crippen LogP contribution < -0.4 is 0 Å². The third kappa shape index (κ3) is 3.73. The summed E-state index contributed by atoms with van der Waals surface area (Å²) in [5, 5.41) is 0. The summed E-state index contributed by atoms with van der Waals surface area (Å²) in [5.74, 6) is -1.04. The molecular formula is C12H14O4. The zero-order valence-corrected chi connectivity index (χ0v) is 9.30. The van der Waals surface area contributed by atoms with E-state index in [2.05, 4.69) is 4.74 Å². The topological polar surface area (TPSA) is 52.6 Å². The van der Waals surface area contributed by atoms with Gasteiger partial charge >= 0.3 is 11.9 Å². The van der Waals surface area contributed by atoms with Crippen LogP contribution in [0.3, 0.4) is 0 Å². The van der Waals surface area contributed by atoms with Gasteiger partial charge in [0.1, 0.15) is 0 Å². The highest BCUT2D eigenvalue weighted by molar-refractivity contribution is 5.78. The SMILES string of the molecule is COC(=O)[C@@H](Cc1ccccc1)OC(C)=O. The molecule has 1 aromatic rings. The molecule has 1 aromatic carbocycles. The molecule has 0 aliphatic rings. The molecule has 0 N–H and O–H groups in total. The van der Waals surface area contributed by atoms with E-state index < -0.39 is 18.0 Å². The normalized spacial score (nSPS) is 11.6. The predicted octanol–water partition coefficient (Wildman–Crippen LogP) is 1.33. The zero-order chi connectivity index (χ0) is 12.0. The molecule has 1 rings (SSSR count). The van der Waals surface area contributed by atoms with Crippen molar-refractivity contribution in [2.75, 3.05) is 7.11 Å². The van der Waals surface area contributed by atoms with Crippen molar-refractivity contribution < 1.29 is 19.1 Å². The minimum absolute atomic E-state index is 0.326. The number of hydrogen-bond donors (Lipinski definition) is 0. The molecule has 16 heavy (non-hydrogen) atoms. The molecule has 0 saturated heterocycles. The smallest absolute Gasteiger partial charge is 0.347 e. The highest BCUT2D eigenvalue weighted by Crippen LogP contribution is 2.07. The fourth-order valence-electron chi connectivity index (χ4n) is 1.33. The van der Waals surface area contributed by atoms with Crippen LogP contribution in [0.25, 0.3) is 0 Å². The Morgan fingerprint density at radius 3 is 2.38 bits per heavy atom. The van der Waals surface area contributed by atoms with E-state index in [1.54, 1.807) is 0 Å². The Balaban J connectivity index is 2.70. The van der Waals surface area contributed by atoms with Crippen LogP contribution in [0.2, 0.25) is 0 Å². The van der Waals surface area contributed by atoms with Gasteiger partial charge in [-0.15, -0.1) is 0 Å². The number of rotatable bonds is 4. The first-order chi connectivity index (χ1) is 7.63. The van der Waals surface area contributed by atoms with E-state index in [4.69, 9.17) is 4.74 Å². The van der Waals surface area contributed by atoms with Gasteiger partial charge in [0.05, 0.1) is 7.11 Å². The summed E-state index contributed by atoms with van der Waals surface area (Å²) >= 11 is 0. The van der Waals surface area contributed by atoms with Crippen molar-refractivity contribution in [1.29, 1.82) is 0 Å². The maximum atomic E-state index is 11.4. The maximum absolute atomic E-state index is 11.4. The second kappa shape index (κ2) is 5.90.